The molecule has 2 aromatic rings. The summed E-state index contributed by atoms with van der Waals surface area (Å²) < 4.78 is 10.7. The molecule has 2 aromatic carbocycles. The number of Topliss-reactive ketones (excluding diaryl/α,β-unsaturated/α-hetero) is 1. The van der Waals surface area contributed by atoms with Crippen molar-refractivity contribution in [3.05, 3.63) is 102 Å². The molecule has 0 atom stereocenters. The second-order valence-corrected chi connectivity index (χ2v) is 7.02. The van der Waals surface area contributed by atoms with Crippen molar-refractivity contribution >= 4 is 11.4 Å². The van der Waals surface area contributed by atoms with Crippen LogP contribution in [0.3, 0.4) is 0 Å². The van der Waals surface area contributed by atoms with Crippen LogP contribution in [-0.2, 0) is 9.47 Å². The van der Waals surface area contributed by atoms with Gasteiger partial charge in [-0.1, -0.05) is 18.7 Å². The first-order valence-electron chi connectivity index (χ1n) is 9.67. The second-order valence-electron chi connectivity index (χ2n) is 7.02. The Kier molecular flexibility index (Phi) is 6.82. The average molecular weight is 419 g/mol. The first-order chi connectivity index (χ1) is 14.9. The average Bonchev–Trinajstić information content (AvgIpc) is 3.18. The number of aromatic hydroxyl groups is 2. The van der Waals surface area contributed by atoms with Crippen LogP contribution < -0.4 is 0 Å². The highest BCUT2D eigenvalue weighted by Gasteiger charge is 2.25. The van der Waals surface area contributed by atoms with E-state index in [9.17, 15) is 15.0 Å². The highest BCUT2D eigenvalue weighted by atomic mass is 16.5. The number of hydrogen-bond acceptors (Lipinski definition) is 6. The maximum Gasteiger partial charge on any atom is 0.182 e. The molecule has 1 aliphatic heterocycles. The predicted molar refractivity (Wildman–Crippen MR) is 119 cm³/mol. The molecule has 2 N–H and O–H groups in total. The van der Waals surface area contributed by atoms with E-state index in [1.165, 1.54) is 12.1 Å². The summed E-state index contributed by atoms with van der Waals surface area (Å²) in [6, 6.07) is 13.1. The van der Waals surface area contributed by atoms with Gasteiger partial charge in [0, 0.05) is 29.5 Å². The predicted octanol–water partition coefficient (Wildman–Crippen LogP) is 4.25. The Morgan fingerprint density at radius 1 is 1.00 bits per heavy atom. The quantitative estimate of drug-likeness (QED) is 0.378. The maximum absolute atomic E-state index is 12.7. The molecule has 6 nitrogen and oxygen atoms in total. The summed E-state index contributed by atoms with van der Waals surface area (Å²) >= 11 is 0. The number of hydrogen-bond donors (Lipinski definition) is 2. The van der Waals surface area contributed by atoms with E-state index in [-0.39, 0.29) is 23.8 Å². The first kappa shape index (κ1) is 21.8. The zero-order valence-electron chi connectivity index (χ0n) is 17.5. The molecular weight excluding hydrogens is 394 g/mol. The van der Waals surface area contributed by atoms with E-state index in [1.54, 1.807) is 50.6 Å². The summed E-state index contributed by atoms with van der Waals surface area (Å²) in [6.45, 7) is 4.42. The summed E-state index contributed by atoms with van der Waals surface area (Å²) in [7, 11) is 3.13. The van der Waals surface area contributed by atoms with Crippen molar-refractivity contribution in [2.75, 3.05) is 27.3 Å². The van der Waals surface area contributed by atoms with Gasteiger partial charge in [0.1, 0.15) is 23.0 Å². The maximum atomic E-state index is 12.7. The Bertz CT molecular complexity index is 1050. The van der Waals surface area contributed by atoms with Gasteiger partial charge in [-0.15, -0.1) is 0 Å². The lowest BCUT2D eigenvalue weighted by Gasteiger charge is -2.15. The molecule has 160 valence electrons. The van der Waals surface area contributed by atoms with E-state index in [0.717, 1.165) is 16.7 Å². The fraction of sp³-hybridized carbons (Fsp3) is 0.160. The van der Waals surface area contributed by atoms with E-state index in [1.807, 2.05) is 23.2 Å². The van der Waals surface area contributed by atoms with Crippen molar-refractivity contribution in [2.45, 2.75) is 0 Å². The lowest BCUT2D eigenvalue weighted by Crippen LogP contribution is -2.24. The van der Waals surface area contributed by atoms with Crippen LogP contribution >= 0.6 is 0 Å². The number of carbonyl (C=O) groups excluding carboxylic acids is 1. The van der Waals surface area contributed by atoms with Crippen LogP contribution in [0.2, 0.25) is 0 Å². The second kappa shape index (κ2) is 9.71. The first-order valence-corrected chi connectivity index (χ1v) is 9.67. The van der Waals surface area contributed by atoms with Gasteiger partial charge in [0.15, 0.2) is 5.78 Å². The number of phenolic OH excluding ortho intramolecular Hbond substituents is 2. The molecule has 0 aliphatic carbocycles. The summed E-state index contributed by atoms with van der Waals surface area (Å²) in [5, 5.41) is 19.1. The minimum absolute atomic E-state index is 0.0650. The van der Waals surface area contributed by atoms with Gasteiger partial charge in [-0.25, -0.2) is 0 Å². The van der Waals surface area contributed by atoms with Crippen LogP contribution in [0.5, 0.6) is 11.5 Å². The number of allylic oxidation sites excluding steroid dienone is 2. The monoisotopic (exact) mass is 419 g/mol. The van der Waals surface area contributed by atoms with Crippen molar-refractivity contribution < 1.29 is 24.5 Å². The highest BCUT2D eigenvalue weighted by Crippen LogP contribution is 2.34. The standard InChI is InChI=1S/C25H25NO5/c1-17(30-2)4-13-25(31-3)23-15-26(14-22(23)18-5-9-20(27)10-6-18)16-24(29)19-7-11-21(28)12-8-19/h4-14,27-28H,1,15-16H2,2-3H3/b13-4-,25-23-. The Hall–Kier alpha value is -3.93. The Balaban J connectivity index is 1.94. The molecule has 0 aromatic heterocycles. The lowest BCUT2D eigenvalue weighted by atomic mass is 9.99. The third kappa shape index (κ3) is 5.36. The third-order valence-electron chi connectivity index (χ3n) is 4.91. The summed E-state index contributed by atoms with van der Waals surface area (Å²) in [6.07, 6.45) is 5.41. The number of ether oxygens (including phenoxy) is 2. The normalized spacial score (nSPS) is 15.0. The molecule has 0 fully saturated rings. The third-order valence-corrected chi connectivity index (χ3v) is 4.91. The van der Waals surface area contributed by atoms with Crippen LogP contribution in [-0.4, -0.2) is 48.2 Å². The molecule has 6 heteroatoms. The molecule has 0 unspecified atom stereocenters. The molecule has 3 rings (SSSR count). The van der Waals surface area contributed by atoms with Crippen molar-refractivity contribution in [3.63, 3.8) is 0 Å². The Morgan fingerprint density at radius 2 is 1.61 bits per heavy atom. The number of carbonyl (C=O) groups is 1. The van der Waals surface area contributed by atoms with Crippen molar-refractivity contribution in [2.24, 2.45) is 0 Å². The SMILES string of the molecule is C=C(/C=C\C(OC)=C1/CN(CC(=O)c2ccc(O)cc2)C=C1c1ccc(O)cc1)OC. The smallest absolute Gasteiger partial charge is 0.182 e. The Morgan fingerprint density at radius 3 is 2.19 bits per heavy atom. The highest BCUT2D eigenvalue weighted by molar-refractivity contribution is 5.98. The largest absolute Gasteiger partial charge is 0.508 e. The van der Waals surface area contributed by atoms with Gasteiger partial charge in [-0.2, -0.15) is 0 Å². The minimum Gasteiger partial charge on any atom is -0.508 e. The van der Waals surface area contributed by atoms with Crippen LogP contribution in [0.25, 0.3) is 5.57 Å². The molecule has 0 saturated carbocycles. The van der Waals surface area contributed by atoms with E-state index >= 15 is 0 Å². The molecule has 31 heavy (non-hydrogen) atoms. The molecule has 1 aliphatic rings. The van der Waals surface area contributed by atoms with Crippen LogP contribution in [0.15, 0.2) is 90.6 Å². The Labute approximate surface area is 181 Å². The molecule has 0 radical (unpaired) electrons. The van der Waals surface area contributed by atoms with Crippen molar-refractivity contribution in [3.8, 4) is 11.5 Å². The van der Waals surface area contributed by atoms with Crippen LogP contribution in [0.1, 0.15) is 15.9 Å². The molecule has 0 bridgehead atoms. The molecule has 0 spiro atoms. The van der Waals surface area contributed by atoms with Gasteiger partial charge in [-0.3, -0.25) is 4.79 Å². The van der Waals surface area contributed by atoms with Gasteiger partial charge < -0.3 is 24.6 Å². The van der Waals surface area contributed by atoms with E-state index in [2.05, 4.69) is 6.58 Å². The number of ketones is 1. The molecular formula is C25H25NO5. The summed E-state index contributed by atoms with van der Waals surface area (Å²) in [5.41, 5.74) is 3.20. The number of benzene rings is 2. The van der Waals surface area contributed by atoms with Gasteiger partial charge >= 0.3 is 0 Å². The zero-order valence-corrected chi connectivity index (χ0v) is 17.5. The van der Waals surface area contributed by atoms with Gasteiger partial charge in [0.25, 0.3) is 0 Å². The molecule has 0 amide bonds. The lowest BCUT2D eigenvalue weighted by molar-refractivity contribution is 0.0960. The van der Waals surface area contributed by atoms with Gasteiger partial charge in [0.05, 0.1) is 20.8 Å². The number of nitrogens with zero attached hydrogens (tertiary/aromatic N) is 1. The minimum atomic E-state index is -0.0650. The topological polar surface area (TPSA) is 79.2 Å². The number of methoxy groups -OCH3 is 2. The van der Waals surface area contributed by atoms with E-state index in [4.69, 9.17) is 9.47 Å². The fourth-order valence-electron chi connectivity index (χ4n) is 3.25. The molecule has 1 heterocycles. The fourth-order valence-corrected chi connectivity index (χ4v) is 3.25. The van der Waals surface area contributed by atoms with Gasteiger partial charge in [-0.05, 0) is 54.1 Å². The molecule has 0 saturated heterocycles. The summed E-state index contributed by atoms with van der Waals surface area (Å²) in [5.74, 6) is 1.34. The number of phenols is 2. The van der Waals surface area contributed by atoms with Crippen LogP contribution in [0.4, 0.5) is 0 Å². The van der Waals surface area contributed by atoms with Crippen molar-refractivity contribution in [1.29, 1.82) is 0 Å². The van der Waals surface area contributed by atoms with E-state index < -0.39 is 0 Å². The summed E-state index contributed by atoms with van der Waals surface area (Å²) in [4.78, 5) is 14.6. The zero-order chi connectivity index (χ0) is 22.4. The number of rotatable bonds is 8. The van der Waals surface area contributed by atoms with Crippen molar-refractivity contribution in [1.82, 2.24) is 4.90 Å². The van der Waals surface area contributed by atoms with Gasteiger partial charge in [0.2, 0.25) is 0 Å². The van der Waals surface area contributed by atoms with Crippen LogP contribution in [0, 0.1) is 0 Å². The van der Waals surface area contributed by atoms with E-state index in [0.29, 0.717) is 23.6 Å².